The maximum atomic E-state index is 13.5. The van der Waals surface area contributed by atoms with Crippen LogP contribution < -0.4 is 15.4 Å². The Kier molecular flexibility index (Phi) is 6.51. The number of hydrogen-bond donors (Lipinski definition) is 2. The van der Waals surface area contributed by atoms with Crippen LogP contribution in [0.3, 0.4) is 0 Å². The summed E-state index contributed by atoms with van der Waals surface area (Å²) in [5.41, 5.74) is 1.46. The Morgan fingerprint density at radius 1 is 1.03 bits per heavy atom. The zero-order valence-electron chi connectivity index (χ0n) is 16.0. The fraction of sp³-hybridized carbons (Fsp3) is 0.200. The molecule has 0 atom stereocenters. The molecular formula is C20H20FN5O3. The van der Waals surface area contributed by atoms with Crippen molar-refractivity contribution in [3.8, 4) is 5.75 Å². The highest BCUT2D eigenvalue weighted by Crippen LogP contribution is 2.18. The molecule has 0 amide bonds. The summed E-state index contributed by atoms with van der Waals surface area (Å²) in [7, 11) is 2.90. The number of rotatable bonds is 8. The lowest BCUT2D eigenvalue weighted by atomic mass is 10.1. The molecule has 9 heteroatoms. The Labute approximate surface area is 167 Å². The molecule has 3 aromatic rings. The van der Waals surface area contributed by atoms with Crippen molar-refractivity contribution in [3.05, 3.63) is 65.7 Å². The van der Waals surface area contributed by atoms with Crippen LogP contribution in [0.15, 0.2) is 48.5 Å². The van der Waals surface area contributed by atoms with Crippen LogP contribution in [-0.2, 0) is 16.0 Å². The molecule has 0 aliphatic carbocycles. The molecular weight excluding hydrogens is 377 g/mol. The van der Waals surface area contributed by atoms with E-state index >= 15 is 0 Å². The second-order valence-electron chi connectivity index (χ2n) is 5.99. The van der Waals surface area contributed by atoms with Gasteiger partial charge in [-0.05, 0) is 35.9 Å². The number of benzene rings is 2. The average molecular weight is 397 g/mol. The van der Waals surface area contributed by atoms with E-state index in [2.05, 4.69) is 30.3 Å². The molecule has 2 aromatic carbocycles. The molecule has 3 rings (SSSR count). The summed E-state index contributed by atoms with van der Waals surface area (Å²) >= 11 is 0. The van der Waals surface area contributed by atoms with Gasteiger partial charge in [0, 0.05) is 12.1 Å². The van der Waals surface area contributed by atoms with Crippen molar-refractivity contribution < 1.29 is 18.7 Å². The quantitative estimate of drug-likeness (QED) is 0.560. The van der Waals surface area contributed by atoms with Gasteiger partial charge in [-0.1, -0.05) is 18.2 Å². The van der Waals surface area contributed by atoms with Crippen molar-refractivity contribution in [3.63, 3.8) is 0 Å². The molecule has 150 valence electrons. The van der Waals surface area contributed by atoms with Crippen molar-refractivity contribution >= 4 is 23.6 Å². The minimum atomic E-state index is -0.457. The summed E-state index contributed by atoms with van der Waals surface area (Å²) < 4.78 is 23.2. The fourth-order valence-corrected chi connectivity index (χ4v) is 2.48. The molecule has 0 aliphatic rings. The van der Waals surface area contributed by atoms with Crippen LogP contribution in [0, 0.1) is 5.82 Å². The van der Waals surface area contributed by atoms with Gasteiger partial charge >= 0.3 is 5.97 Å². The molecule has 0 bridgehead atoms. The summed E-state index contributed by atoms with van der Waals surface area (Å²) in [5.74, 6) is 0.803. The van der Waals surface area contributed by atoms with E-state index < -0.39 is 5.97 Å². The molecule has 0 saturated carbocycles. The molecule has 0 unspecified atom stereocenters. The van der Waals surface area contributed by atoms with E-state index in [1.807, 2.05) is 24.3 Å². The maximum Gasteiger partial charge on any atom is 0.325 e. The number of nitrogens with one attached hydrogen (secondary N) is 2. The van der Waals surface area contributed by atoms with Gasteiger partial charge < -0.3 is 20.1 Å². The largest absolute Gasteiger partial charge is 0.497 e. The number of methoxy groups -OCH3 is 2. The van der Waals surface area contributed by atoms with Crippen LogP contribution >= 0.6 is 0 Å². The maximum absolute atomic E-state index is 13.5. The van der Waals surface area contributed by atoms with E-state index in [1.165, 1.54) is 19.2 Å². The fourth-order valence-electron chi connectivity index (χ4n) is 2.48. The van der Waals surface area contributed by atoms with Gasteiger partial charge in [-0.2, -0.15) is 15.0 Å². The van der Waals surface area contributed by atoms with Crippen LogP contribution in [0.1, 0.15) is 11.4 Å². The van der Waals surface area contributed by atoms with Gasteiger partial charge in [-0.25, -0.2) is 4.39 Å². The molecule has 1 aromatic heterocycles. The predicted molar refractivity (Wildman–Crippen MR) is 106 cm³/mol. The number of anilines is 3. The van der Waals surface area contributed by atoms with Gasteiger partial charge in [0.1, 0.15) is 23.9 Å². The van der Waals surface area contributed by atoms with Gasteiger partial charge in [0.25, 0.3) is 0 Å². The topological polar surface area (TPSA) is 98.3 Å². The van der Waals surface area contributed by atoms with Crippen molar-refractivity contribution in [1.29, 1.82) is 0 Å². The van der Waals surface area contributed by atoms with E-state index in [9.17, 15) is 9.18 Å². The van der Waals surface area contributed by atoms with Crippen LogP contribution in [0.25, 0.3) is 0 Å². The lowest BCUT2D eigenvalue weighted by molar-refractivity contribution is -0.138. The van der Waals surface area contributed by atoms with Crippen LogP contribution in [0.5, 0.6) is 5.75 Å². The Balaban J connectivity index is 1.85. The van der Waals surface area contributed by atoms with Crippen molar-refractivity contribution in [2.24, 2.45) is 0 Å². The zero-order valence-corrected chi connectivity index (χ0v) is 16.0. The molecule has 0 aliphatic heterocycles. The van der Waals surface area contributed by atoms with Gasteiger partial charge in [-0.15, -0.1) is 0 Å². The standard InChI is InChI=1S/C20H20FN5O3/c1-28-16-8-6-13(7-9-16)10-17-24-19(22-12-18(27)29-2)26-20(25-17)23-15-5-3-4-14(21)11-15/h3-9,11H,10,12H2,1-2H3,(H2,22,23,24,25,26). The van der Waals surface area contributed by atoms with Crippen molar-refractivity contribution in [2.75, 3.05) is 31.4 Å². The second-order valence-corrected chi connectivity index (χ2v) is 5.99. The van der Waals surface area contributed by atoms with E-state index in [-0.39, 0.29) is 24.3 Å². The SMILES string of the molecule is COC(=O)CNc1nc(Cc2ccc(OC)cc2)nc(Nc2cccc(F)c2)n1. The van der Waals surface area contributed by atoms with E-state index in [0.717, 1.165) is 11.3 Å². The lowest BCUT2D eigenvalue weighted by Crippen LogP contribution is -2.18. The number of ether oxygens (including phenoxy) is 2. The third-order valence-electron chi connectivity index (χ3n) is 3.90. The smallest absolute Gasteiger partial charge is 0.325 e. The molecule has 0 fully saturated rings. The normalized spacial score (nSPS) is 10.3. The molecule has 0 radical (unpaired) electrons. The van der Waals surface area contributed by atoms with Crippen LogP contribution in [0.4, 0.5) is 22.0 Å². The van der Waals surface area contributed by atoms with Crippen LogP contribution in [0.2, 0.25) is 0 Å². The average Bonchev–Trinajstić information content (AvgIpc) is 2.72. The monoisotopic (exact) mass is 397 g/mol. The molecule has 0 spiro atoms. The number of nitrogens with zero attached hydrogens (tertiary/aromatic N) is 3. The first-order valence-electron chi connectivity index (χ1n) is 8.77. The second kappa shape index (κ2) is 9.45. The molecule has 0 saturated heterocycles. The highest BCUT2D eigenvalue weighted by molar-refractivity contribution is 5.74. The number of aromatic nitrogens is 3. The van der Waals surface area contributed by atoms with Gasteiger partial charge in [0.2, 0.25) is 11.9 Å². The summed E-state index contributed by atoms with van der Waals surface area (Å²) in [5, 5.41) is 5.76. The number of hydrogen-bond acceptors (Lipinski definition) is 8. The Morgan fingerprint density at radius 3 is 2.48 bits per heavy atom. The Morgan fingerprint density at radius 2 is 1.79 bits per heavy atom. The van der Waals surface area contributed by atoms with Crippen LogP contribution in [-0.4, -0.2) is 41.7 Å². The predicted octanol–water partition coefficient (Wildman–Crippen LogP) is 2.94. The van der Waals surface area contributed by atoms with Crippen molar-refractivity contribution in [2.45, 2.75) is 6.42 Å². The Bertz CT molecular complexity index is 982. The third-order valence-corrected chi connectivity index (χ3v) is 3.90. The summed E-state index contributed by atoms with van der Waals surface area (Å²) in [4.78, 5) is 24.4. The van der Waals surface area contributed by atoms with E-state index in [1.54, 1.807) is 19.2 Å². The molecule has 2 N–H and O–H groups in total. The third kappa shape index (κ3) is 5.86. The van der Waals surface area contributed by atoms with Gasteiger partial charge in [-0.3, -0.25) is 4.79 Å². The summed E-state index contributed by atoms with van der Waals surface area (Å²) in [6, 6.07) is 13.4. The summed E-state index contributed by atoms with van der Waals surface area (Å²) in [6.07, 6.45) is 0.428. The molecule has 8 nitrogen and oxygen atoms in total. The number of esters is 1. The van der Waals surface area contributed by atoms with Crippen molar-refractivity contribution in [1.82, 2.24) is 15.0 Å². The highest BCUT2D eigenvalue weighted by Gasteiger charge is 2.10. The number of carbonyl (C=O) groups excluding carboxylic acids is 1. The first kappa shape index (κ1) is 20.0. The lowest BCUT2D eigenvalue weighted by Gasteiger charge is -2.10. The first-order valence-corrected chi connectivity index (χ1v) is 8.77. The minimum Gasteiger partial charge on any atom is -0.497 e. The highest BCUT2D eigenvalue weighted by atomic mass is 19.1. The Hall–Kier alpha value is -3.75. The molecule has 1 heterocycles. The number of carbonyl (C=O) groups is 1. The minimum absolute atomic E-state index is 0.0953. The van der Waals surface area contributed by atoms with E-state index in [4.69, 9.17) is 4.74 Å². The van der Waals surface area contributed by atoms with E-state index in [0.29, 0.717) is 17.9 Å². The number of halogens is 1. The molecule has 29 heavy (non-hydrogen) atoms. The first-order chi connectivity index (χ1) is 14.1. The zero-order chi connectivity index (χ0) is 20.6. The van der Waals surface area contributed by atoms with Gasteiger partial charge in [0.15, 0.2) is 0 Å². The summed E-state index contributed by atoms with van der Waals surface area (Å²) in [6.45, 7) is -0.0953. The van der Waals surface area contributed by atoms with Gasteiger partial charge in [0.05, 0.1) is 14.2 Å².